The van der Waals surface area contributed by atoms with Gasteiger partial charge >= 0.3 is 0 Å². The van der Waals surface area contributed by atoms with Crippen LogP contribution in [0.4, 0.5) is 0 Å². The number of aryl methyl sites for hydroxylation is 1. The molecule has 3 heterocycles. The SMILES string of the molecule is CN[C@@H]1C[C@@H](c2ccc(Cl)cc2)N(C(=O)c2cnc3n[nH]c(C)c3c2)C1. The molecule has 1 saturated heterocycles. The van der Waals surface area contributed by atoms with Crippen molar-refractivity contribution in [3.8, 4) is 0 Å². The van der Waals surface area contributed by atoms with Gasteiger partial charge in [-0.1, -0.05) is 23.7 Å². The van der Waals surface area contributed by atoms with E-state index in [1.807, 2.05) is 49.2 Å². The van der Waals surface area contributed by atoms with Crippen molar-refractivity contribution in [3.05, 3.63) is 58.4 Å². The maximum absolute atomic E-state index is 13.2. The molecule has 0 unspecified atom stereocenters. The van der Waals surface area contributed by atoms with Crippen LogP contribution in [0.5, 0.6) is 0 Å². The van der Waals surface area contributed by atoms with Gasteiger partial charge in [0.2, 0.25) is 0 Å². The number of nitrogens with zero attached hydrogens (tertiary/aromatic N) is 3. The number of hydrogen-bond acceptors (Lipinski definition) is 4. The Balaban J connectivity index is 1.68. The molecule has 0 aliphatic carbocycles. The van der Waals surface area contributed by atoms with E-state index in [9.17, 15) is 4.79 Å². The number of carbonyl (C=O) groups excluding carboxylic acids is 1. The maximum atomic E-state index is 13.2. The van der Waals surface area contributed by atoms with Crippen LogP contribution in [0.15, 0.2) is 36.5 Å². The number of pyridine rings is 1. The lowest BCUT2D eigenvalue weighted by Gasteiger charge is -2.25. The molecule has 1 fully saturated rings. The van der Waals surface area contributed by atoms with E-state index in [1.165, 1.54) is 0 Å². The van der Waals surface area contributed by atoms with E-state index in [2.05, 4.69) is 20.5 Å². The quantitative estimate of drug-likeness (QED) is 0.744. The third-order valence-electron chi connectivity index (χ3n) is 5.07. The highest BCUT2D eigenvalue weighted by molar-refractivity contribution is 6.30. The van der Waals surface area contributed by atoms with Crippen LogP contribution in [-0.2, 0) is 0 Å². The lowest BCUT2D eigenvalue weighted by atomic mass is 10.0. The maximum Gasteiger partial charge on any atom is 0.256 e. The van der Waals surface area contributed by atoms with Crippen LogP contribution < -0.4 is 5.32 Å². The minimum absolute atomic E-state index is 0.0124. The Morgan fingerprint density at radius 1 is 1.35 bits per heavy atom. The summed E-state index contributed by atoms with van der Waals surface area (Å²) in [4.78, 5) is 19.5. The van der Waals surface area contributed by atoms with E-state index in [4.69, 9.17) is 11.6 Å². The average Bonchev–Trinajstić information content (AvgIpc) is 3.25. The predicted octanol–water partition coefficient (Wildman–Crippen LogP) is 3.09. The van der Waals surface area contributed by atoms with Crippen molar-refractivity contribution in [1.82, 2.24) is 25.4 Å². The Morgan fingerprint density at radius 3 is 2.85 bits per heavy atom. The number of aromatic amines is 1. The van der Waals surface area contributed by atoms with Gasteiger partial charge in [0.15, 0.2) is 5.65 Å². The summed E-state index contributed by atoms with van der Waals surface area (Å²) in [5.41, 5.74) is 3.21. The normalized spacial score (nSPS) is 20.0. The van der Waals surface area contributed by atoms with Gasteiger partial charge in [0, 0.05) is 34.9 Å². The number of benzene rings is 1. The topological polar surface area (TPSA) is 73.9 Å². The summed E-state index contributed by atoms with van der Waals surface area (Å²) in [5, 5.41) is 11.9. The number of fused-ring (bicyclic) bond motifs is 1. The first-order valence-electron chi connectivity index (χ1n) is 8.61. The molecule has 134 valence electrons. The summed E-state index contributed by atoms with van der Waals surface area (Å²) in [6.07, 6.45) is 2.47. The molecule has 1 aliphatic rings. The van der Waals surface area contributed by atoms with Gasteiger partial charge in [-0.2, -0.15) is 5.10 Å². The molecule has 2 atom stereocenters. The molecule has 0 saturated carbocycles. The molecule has 6 nitrogen and oxygen atoms in total. The molecule has 2 aromatic heterocycles. The van der Waals surface area contributed by atoms with Crippen molar-refractivity contribution in [1.29, 1.82) is 0 Å². The Morgan fingerprint density at radius 2 is 2.12 bits per heavy atom. The zero-order valence-corrected chi connectivity index (χ0v) is 15.4. The minimum Gasteiger partial charge on any atom is -0.330 e. The number of amides is 1. The molecule has 0 radical (unpaired) electrons. The Hall–Kier alpha value is -2.44. The summed E-state index contributed by atoms with van der Waals surface area (Å²) in [6.45, 7) is 2.58. The van der Waals surface area contributed by atoms with Gasteiger partial charge in [-0.15, -0.1) is 0 Å². The molecular weight excluding hydrogens is 350 g/mol. The zero-order chi connectivity index (χ0) is 18.3. The lowest BCUT2D eigenvalue weighted by Crippen LogP contribution is -2.34. The molecule has 1 aromatic carbocycles. The van der Waals surface area contributed by atoms with Gasteiger partial charge in [-0.3, -0.25) is 9.89 Å². The highest BCUT2D eigenvalue weighted by atomic mass is 35.5. The minimum atomic E-state index is -0.0160. The Labute approximate surface area is 156 Å². The van der Waals surface area contributed by atoms with E-state index in [0.717, 1.165) is 23.1 Å². The zero-order valence-electron chi connectivity index (χ0n) is 14.7. The summed E-state index contributed by atoms with van der Waals surface area (Å²) >= 11 is 6.02. The van der Waals surface area contributed by atoms with Gasteiger partial charge in [-0.05, 0) is 44.2 Å². The van der Waals surface area contributed by atoms with Crippen LogP contribution in [0.3, 0.4) is 0 Å². The van der Waals surface area contributed by atoms with Crippen LogP contribution in [-0.4, -0.2) is 45.6 Å². The molecule has 7 heteroatoms. The van der Waals surface area contributed by atoms with E-state index < -0.39 is 0 Å². The number of likely N-dealkylation sites (tertiary alicyclic amines) is 1. The van der Waals surface area contributed by atoms with Crippen LogP contribution in [0.2, 0.25) is 5.02 Å². The molecule has 26 heavy (non-hydrogen) atoms. The van der Waals surface area contributed by atoms with Crippen molar-refractivity contribution in [2.75, 3.05) is 13.6 Å². The highest BCUT2D eigenvalue weighted by Gasteiger charge is 2.36. The van der Waals surface area contributed by atoms with Crippen molar-refractivity contribution < 1.29 is 4.79 Å². The van der Waals surface area contributed by atoms with Crippen LogP contribution in [0.25, 0.3) is 11.0 Å². The third-order valence-corrected chi connectivity index (χ3v) is 5.32. The van der Waals surface area contributed by atoms with Crippen molar-refractivity contribution in [2.45, 2.75) is 25.4 Å². The van der Waals surface area contributed by atoms with Gasteiger partial charge in [0.05, 0.1) is 11.6 Å². The molecule has 3 aromatic rings. The standard InChI is InChI=1S/C19H20ClN5O/c1-11-16-7-13(9-22-18(16)24-23-11)19(26)25-10-15(21-2)8-17(25)12-3-5-14(20)6-4-12/h3-7,9,15,17,21H,8,10H2,1-2H3,(H,22,23,24)/t15-,17+/m1/s1. The number of nitrogens with one attached hydrogen (secondary N) is 2. The average molecular weight is 370 g/mol. The summed E-state index contributed by atoms with van der Waals surface area (Å²) in [5.74, 6) is -0.0160. The number of halogens is 1. The molecular formula is C19H20ClN5O. The fourth-order valence-corrected chi connectivity index (χ4v) is 3.70. The predicted molar refractivity (Wildman–Crippen MR) is 101 cm³/mol. The van der Waals surface area contributed by atoms with Gasteiger partial charge in [0.1, 0.15) is 0 Å². The number of carbonyl (C=O) groups is 1. The number of rotatable bonds is 3. The first kappa shape index (κ1) is 17.0. The number of aromatic nitrogens is 3. The Bertz CT molecular complexity index is 952. The number of H-pyrrole nitrogens is 1. The Kier molecular flexibility index (Phi) is 4.38. The number of hydrogen-bond donors (Lipinski definition) is 2. The van der Waals surface area contributed by atoms with Crippen LogP contribution >= 0.6 is 11.6 Å². The number of likely N-dealkylation sites (N-methyl/N-ethyl adjacent to an activating group) is 1. The van der Waals surface area contributed by atoms with E-state index >= 15 is 0 Å². The molecule has 0 spiro atoms. The van der Waals surface area contributed by atoms with E-state index in [0.29, 0.717) is 22.8 Å². The van der Waals surface area contributed by atoms with Crippen LogP contribution in [0, 0.1) is 6.92 Å². The summed E-state index contributed by atoms with van der Waals surface area (Å²) < 4.78 is 0. The van der Waals surface area contributed by atoms with Gasteiger partial charge in [0.25, 0.3) is 5.91 Å². The molecule has 1 aliphatic heterocycles. The first-order valence-corrected chi connectivity index (χ1v) is 8.99. The third kappa shape index (κ3) is 2.95. The second-order valence-corrected chi connectivity index (χ2v) is 7.13. The van der Waals surface area contributed by atoms with Crippen molar-refractivity contribution in [3.63, 3.8) is 0 Å². The van der Waals surface area contributed by atoms with Gasteiger partial charge in [-0.25, -0.2) is 4.98 Å². The lowest BCUT2D eigenvalue weighted by molar-refractivity contribution is 0.0733. The summed E-state index contributed by atoms with van der Waals surface area (Å²) in [7, 11) is 1.93. The van der Waals surface area contributed by atoms with Crippen molar-refractivity contribution >= 4 is 28.5 Å². The molecule has 2 N–H and O–H groups in total. The smallest absolute Gasteiger partial charge is 0.256 e. The molecule has 1 amide bonds. The second-order valence-electron chi connectivity index (χ2n) is 6.69. The van der Waals surface area contributed by atoms with Gasteiger partial charge < -0.3 is 10.2 Å². The first-order chi connectivity index (χ1) is 12.6. The molecule has 0 bridgehead atoms. The fourth-order valence-electron chi connectivity index (χ4n) is 3.57. The molecule has 4 rings (SSSR count). The van der Waals surface area contributed by atoms with E-state index in [-0.39, 0.29) is 18.0 Å². The summed E-state index contributed by atoms with van der Waals surface area (Å²) in [6, 6.07) is 9.86. The van der Waals surface area contributed by atoms with Crippen LogP contribution in [0.1, 0.15) is 34.1 Å². The fraction of sp³-hybridized carbons (Fsp3) is 0.316. The second kappa shape index (κ2) is 6.70. The van der Waals surface area contributed by atoms with E-state index in [1.54, 1.807) is 6.20 Å². The largest absolute Gasteiger partial charge is 0.330 e. The van der Waals surface area contributed by atoms with Crippen molar-refractivity contribution in [2.24, 2.45) is 0 Å². The highest BCUT2D eigenvalue weighted by Crippen LogP contribution is 2.34. The monoisotopic (exact) mass is 369 g/mol.